The maximum atomic E-state index is 12.8. The van der Waals surface area contributed by atoms with Gasteiger partial charge in [0.25, 0.3) is 5.91 Å². The van der Waals surface area contributed by atoms with Gasteiger partial charge in [-0.05, 0) is 55.4 Å². The second kappa shape index (κ2) is 10.5. The normalized spacial score (nSPS) is 11.5. The van der Waals surface area contributed by atoms with Crippen LogP contribution in [0.15, 0.2) is 77.7 Å². The maximum Gasteiger partial charge on any atom is 0.251 e. The van der Waals surface area contributed by atoms with Gasteiger partial charge >= 0.3 is 0 Å². The first-order valence-electron chi connectivity index (χ1n) is 10.4. The first kappa shape index (κ1) is 23.7. The molecule has 3 aromatic rings. The number of amides is 1. The Bertz CT molecular complexity index is 1160. The molecule has 0 bridgehead atoms. The largest absolute Gasteiger partial charge is 0.348 e. The molecule has 0 saturated carbocycles. The maximum absolute atomic E-state index is 12.8. The fourth-order valence-electron chi connectivity index (χ4n) is 3.29. The molecule has 0 atom stereocenters. The molecule has 0 aliphatic rings. The summed E-state index contributed by atoms with van der Waals surface area (Å²) < 4.78 is 28.3. The van der Waals surface area contributed by atoms with Crippen molar-refractivity contribution in [1.29, 1.82) is 0 Å². The summed E-state index contributed by atoms with van der Waals surface area (Å²) in [7, 11) is 0.269. The molecule has 2 N–H and O–H groups in total. The molecule has 0 spiro atoms. The Hall–Kier alpha value is -3.00. The molecule has 32 heavy (non-hydrogen) atoms. The van der Waals surface area contributed by atoms with Crippen LogP contribution >= 0.6 is 0 Å². The van der Waals surface area contributed by atoms with Crippen molar-refractivity contribution < 1.29 is 13.2 Å². The molecule has 0 radical (unpaired) electrons. The number of hydrogen-bond donors (Lipinski definition) is 2. The molecule has 0 unspecified atom stereocenters. The molecule has 3 aromatic carbocycles. The lowest BCUT2D eigenvalue weighted by Crippen LogP contribution is -2.26. The predicted octanol–water partition coefficient (Wildman–Crippen LogP) is 3.47. The third-order valence-corrected chi connectivity index (χ3v) is 6.57. The van der Waals surface area contributed by atoms with Crippen molar-refractivity contribution in [2.24, 2.45) is 0 Å². The van der Waals surface area contributed by atoms with Crippen LogP contribution in [0.25, 0.3) is 0 Å². The Balaban J connectivity index is 1.66. The highest BCUT2D eigenvalue weighted by Gasteiger charge is 2.19. The number of sulfonamides is 1. The van der Waals surface area contributed by atoms with Gasteiger partial charge in [-0.15, -0.1) is 0 Å². The summed E-state index contributed by atoms with van der Waals surface area (Å²) in [6, 6.07) is 22.1. The molecule has 0 heterocycles. The number of nitrogens with one attached hydrogen (secondary N) is 2. The minimum absolute atomic E-state index is 0.106. The highest BCUT2D eigenvalue weighted by atomic mass is 32.2. The summed E-state index contributed by atoms with van der Waals surface area (Å²) in [5.41, 5.74) is 3.92. The van der Waals surface area contributed by atoms with E-state index in [1.54, 1.807) is 19.1 Å². The molecule has 168 valence electrons. The van der Waals surface area contributed by atoms with Crippen LogP contribution in [0.2, 0.25) is 0 Å². The molecule has 0 aliphatic carbocycles. The Morgan fingerprint density at radius 2 is 1.47 bits per heavy atom. The average Bonchev–Trinajstić information content (AvgIpc) is 2.77. The van der Waals surface area contributed by atoms with Crippen molar-refractivity contribution >= 4 is 15.9 Å². The first-order valence-corrected chi connectivity index (χ1v) is 11.9. The van der Waals surface area contributed by atoms with E-state index in [-0.39, 0.29) is 17.3 Å². The number of hydrogen-bond acceptors (Lipinski definition) is 4. The van der Waals surface area contributed by atoms with Crippen LogP contribution in [0.1, 0.15) is 32.6 Å². The molecule has 0 fully saturated rings. The van der Waals surface area contributed by atoms with E-state index in [0.717, 1.165) is 17.7 Å². The molecule has 7 heteroatoms. The zero-order valence-corrected chi connectivity index (χ0v) is 19.4. The van der Waals surface area contributed by atoms with Gasteiger partial charge in [0, 0.05) is 25.2 Å². The first-order chi connectivity index (χ1) is 15.2. The van der Waals surface area contributed by atoms with Gasteiger partial charge in [-0.25, -0.2) is 13.1 Å². The number of aryl methyl sites for hydroxylation is 1. The fourth-order valence-corrected chi connectivity index (χ4v) is 4.58. The van der Waals surface area contributed by atoms with Gasteiger partial charge < -0.3 is 10.2 Å². The van der Waals surface area contributed by atoms with Gasteiger partial charge in [-0.3, -0.25) is 4.79 Å². The van der Waals surface area contributed by atoms with E-state index in [4.69, 9.17) is 0 Å². The molecule has 3 rings (SSSR count). The van der Waals surface area contributed by atoms with Crippen LogP contribution in [0.5, 0.6) is 0 Å². The monoisotopic (exact) mass is 451 g/mol. The average molecular weight is 452 g/mol. The van der Waals surface area contributed by atoms with E-state index in [1.165, 1.54) is 11.6 Å². The van der Waals surface area contributed by atoms with Gasteiger partial charge in [0.15, 0.2) is 0 Å². The van der Waals surface area contributed by atoms with E-state index < -0.39 is 10.0 Å². The van der Waals surface area contributed by atoms with Gasteiger partial charge in [0.2, 0.25) is 10.0 Å². The third kappa shape index (κ3) is 6.50. The second-order valence-corrected chi connectivity index (χ2v) is 9.76. The summed E-state index contributed by atoms with van der Waals surface area (Å²) in [5.74, 6) is -0.318. The molecular weight excluding hydrogens is 422 g/mol. The lowest BCUT2D eigenvalue weighted by atomic mass is 10.1. The van der Waals surface area contributed by atoms with Gasteiger partial charge in [0.1, 0.15) is 0 Å². The van der Waals surface area contributed by atoms with E-state index in [9.17, 15) is 13.2 Å². The number of carbonyl (C=O) groups excluding carboxylic acids is 1. The highest BCUT2D eigenvalue weighted by Crippen LogP contribution is 2.18. The standard InChI is InChI=1S/C25H29N3O3S/c1-19-9-14-23(15-24(19)32(30,31)27-17-20-7-5-4-6-8-20)25(29)26-16-21-10-12-22(13-11-21)18-28(2)3/h4-15,27H,16-18H2,1-3H3,(H,26,29). The molecule has 1 amide bonds. The fraction of sp³-hybridized carbons (Fsp3) is 0.240. The topological polar surface area (TPSA) is 78.5 Å². The zero-order chi connectivity index (χ0) is 23.1. The van der Waals surface area contributed by atoms with E-state index in [2.05, 4.69) is 14.9 Å². The molecular formula is C25H29N3O3S. The Morgan fingerprint density at radius 1 is 0.844 bits per heavy atom. The lowest BCUT2D eigenvalue weighted by Gasteiger charge is -2.12. The van der Waals surface area contributed by atoms with Gasteiger partial charge in [-0.2, -0.15) is 0 Å². The van der Waals surface area contributed by atoms with Crippen LogP contribution in [0, 0.1) is 6.92 Å². The SMILES string of the molecule is Cc1ccc(C(=O)NCc2ccc(CN(C)C)cc2)cc1S(=O)(=O)NCc1ccccc1. The Morgan fingerprint density at radius 3 is 2.12 bits per heavy atom. The molecule has 6 nitrogen and oxygen atoms in total. The van der Waals surface area contributed by atoms with Crippen molar-refractivity contribution in [3.8, 4) is 0 Å². The van der Waals surface area contributed by atoms with Gasteiger partial charge in [-0.1, -0.05) is 60.7 Å². The summed E-state index contributed by atoms with van der Waals surface area (Å²) in [5, 5.41) is 2.87. The molecule has 0 saturated heterocycles. The summed E-state index contributed by atoms with van der Waals surface area (Å²) >= 11 is 0. The van der Waals surface area contributed by atoms with E-state index in [1.807, 2.05) is 68.7 Å². The van der Waals surface area contributed by atoms with Crippen LogP contribution in [-0.4, -0.2) is 33.3 Å². The van der Waals surface area contributed by atoms with Crippen molar-refractivity contribution in [1.82, 2.24) is 14.9 Å². The lowest BCUT2D eigenvalue weighted by molar-refractivity contribution is 0.0950. The summed E-state index contributed by atoms with van der Waals surface area (Å²) in [6.45, 7) is 3.12. The number of carbonyl (C=O) groups is 1. The highest BCUT2D eigenvalue weighted by molar-refractivity contribution is 7.89. The third-order valence-electron chi connectivity index (χ3n) is 5.02. The Kier molecular flexibility index (Phi) is 7.80. The van der Waals surface area contributed by atoms with Gasteiger partial charge in [0.05, 0.1) is 4.90 Å². The summed E-state index contributed by atoms with van der Waals surface area (Å²) in [4.78, 5) is 14.9. The van der Waals surface area contributed by atoms with Crippen LogP contribution < -0.4 is 10.0 Å². The molecule has 0 aromatic heterocycles. The minimum atomic E-state index is -3.76. The predicted molar refractivity (Wildman–Crippen MR) is 127 cm³/mol. The van der Waals surface area contributed by atoms with Crippen LogP contribution in [0.4, 0.5) is 0 Å². The zero-order valence-electron chi connectivity index (χ0n) is 18.6. The minimum Gasteiger partial charge on any atom is -0.348 e. The van der Waals surface area contributed by atoms with Crippen LogP contribution in [-0.2, 0) is 29.7 Å². The smallest absolute Gasteiger partial charge is 0.251 e. The van der Waals surface area contributed by atoms with E-state index >= 15 is 0 Å². The van der Waals surface area contributed by atoms with E-state index in [0.29, 0.717) is 17.7 Å². The number of benzene rings is 3. The van der Waals surface area contributed by atoms with Crippen molar-refractivity contribution in [3.05, 3.63) is 101 Å². The molecule has 0 aliphatic heterocycles. The van der Waals surface area contributed by atoms with Crippen molar-refractivity contribution in [3.63, 3.8) is 0 Å². The quantitative estimate of drug-likeness (QED) is 0.522. The second-order valence-electron chi connectivity index (χ2n) is 8.03. The number of nitrogens with zero attached hydrogens (tertiary/aromatic N) is 1. The van der Waals surface area contributed by atoms with Crippen molar-refractivity contribution in [2.75, 3.05) is 14.1 Å². The Labute approximate surface area is 190 Å². The van der Waals surface area contributed by atoms with Crippen LogP contribution in [0.3, 0.4) is 0 Å². The van der Waals surface area contributed by atoms with Crippen molar-refractivity contribution in [2.45, 2.75) is 31.5 Å². The number of rotatable bonds is 9. The summed E-state index contributed by atoms with van der Waals surface area (Å²) in [6.07, 6.45) is 0.